The van der Waals surface area contributed by atoms with Gasteiger partial charge in [0.2, 0.25) is 5.91 Å². The highest BCUT2D eigenvalue weighted by molar-refractivity contribution is 8.13. The maximum atomic E-state index is 12.8. The molecule has 0 aliphatic carbocycles. The summed E-state index contributed by atoms with van der Waals surface area (Å²) >= 11 is 1.40. The molecule has 0 heterocycles. The Morgan fingerprint density at radius 3 is 2.18 bits per heavy atom. The highest BCUT2D eigenvalue weighted by Gasteiger charge is 2.30. The van der Waals surface area contributed by atoms with Crippen molar-refractivity contribution in [3.8, 4) is 0 Å². The van der Waals surface area contributed by atoms with Gasteiger partial charge in [0.1, 0.15) is 12.8 Å². The van der Waals surface area contributed by atoms with Crippen molar-refractivity contribution < 1.29 is 14.3 Å². The molecule has 0 bridgehead atoms. The van der Waals surface area contributed by atoms with Crippen molar-refractivity contribution in [1.29, 1.82) is 5.41 Å². The molecule has 0 aromatic rings. The lowest BCUT2D eigenvalue weighted by Gasteiger charge is -2.36. The van der Waals surface area contributed by atoms with Crippen molar-refractivity contribution in [1.82, 2.24) is 4.90 Å². The van der Waals surface area contributed by atoms with E-state index in [4.69, 9.17) is 14.9 Å². The number of unbranched alkanes of at least 4 members (excludes halogenated alkanes) is 3. The summed E-state index contributed by atoms with van der Waals surface area (Å²) < 4.78 is 11.4. The second kappa shape index (κ2) is 19.7. The smallest absolute Gasteiger partial charge is 0.224 e. The first-order valence-electron chi connectivity index (χ1n) is 10.9. The first kappa shape index (κ1) is 29.6. The molecule has 2 unspecified atom stereocenters. The van der Waals surface area contributed by atoms with E-state index in [0.717, 1.165) is 32.1 Å². The van der Waals surface area contributed by atoms with Gasteiger partial charge in [-0.3, -0.25) is 10.2 Å². The molecule has 0 spiro atoms. The molecule has 2 atom stereocenters. The maximum Gasteiger partial charge on any atom is 0.224 e. The molecule has 1 N–H and O–H groups in total. The van der Waals surface area contributed by atoms with Gasteiger partial charge in [-0.1, -0.05) is 60.8 Å². The minimum absolute atomic E-state index is 0.00276. The van der Waals surface area contributed by atoms with Gasteiger partial charge in [-0.2, -0.15) is 0 Å². The van der Waals surface area contributed by atoms with E-state index in [-0.39, 0.29) is 24.0 Å². The Balaban J connectivity index is 0. The third kappa shape index (κ3) is 12.8. The van der Waals surface area contributed by atoms with Crippen LogP contribution in [0.5, 0.6) is 0 Å². The third-order valence-corrected chi connectivity index (χ3v) is 5.31. The number of hydrogen-bond donors (Lipinski definition) is 1. The molecule has 168 valence electrons. The summed E-state index contributed by atoms with van der Waals surface area (Å²) in [6.07, 6.45) is 8.01. The molecular formula is C22H46N2O3S. The molecule has 0 aromatic carbocycles. The van der Waals surface area contributed by atoms with Crippen LogP contribution in [-0.4, -0.2) is 54.7 Å². The van der Waals surface area contributed by atoms with E-state index in [0.29, 0.717) is 31.2 Å². The van der Waals surface area contributed by atoms with Crippen molar-refractivity contribution in [3.63, 3.8) is 0 Å². The normalized spacial score (nSPS) is 12.9. The zero-order valence-electron chi connectivity index (χ0n) is 19.7. The quantitative estimate of drug-likeness (QED) is 0.154. The second-order valence-corrected chi connectivity index (χ2v) is 7.90. The van der Waals surface area contributed by atoms with Crippen molar-refractivity contribution in [2.24, 2.45) is 5.92 Å². The number of rotatable bonds is 15. The predicted molar refractivity (Wildman–Crippen MR) is 123 cm³/mol. The van der Waals surface area contributed by atoms with Crippen LogP contribution in [0.15, 0.2) is 0 Å². The average molecular weight is 419 g/mol. The van der Waals surface area contributed by atoms with Gasteiger partial charge in [-0.05, 0) is 25.0 Å². The van der Waals surface area contributed by atoms with Gasteiger partial charge in [0.25, 0.3) is 0 Å². The molecule has 0 saturated carbocycles. The van der Waals surface area contributed by atoms with Gasteiger partial charge in [-0.25, -0.2) is 0 Å². The molecule has 28 heavy (non-hydrogen) atoms. The molecule has 0 aliphatic rings. The molecule has 1 amide bonds. The number of methoxy groups -OCH3 is 1. The van der Waals surface area contributed by atoms with Crippen LogP contribution >= 0.6 is 11.8 Å². The summed E-state index contributed by atoms with van der Waals surface area (Å²) in [5.41, 5.74) is 0. The number of nitrogens with zero attached hydrogens (tertiary/aromatic N) is 1. The fourth-order valence-electron chi connectivity index (χ4n) is 2.86. The van der Waals surface area contributed by atoms with Crippen LogP contribution in [0.1, 0.15) is 86.5 Å². The highest BCUT2D eigenvalue weighted by Crippen LogP contribution is 2.22. The zero-order chi connectivity index (χ0) is 21.9. The van der Waals surface area contributed by atoms with Gasteiger partial charge in [0, 0.05) is 32.6 Å². The van der Waals surface area contributed by atoms with Crippen LogP contribution in [0.2, 0.25) is 0 Å². The summed E-state index contributed by atoms with van der Waals surface area (Å²) in [7, 11) is 1.64. The van der Waals surface area contributed by atoms with Crippen LogP contribution in [0.4, 0.5) is 0 Å². The summed E-state index contributed by atoms with van der Waals surface area (Å²) in [5.74, 6) is 0.415. The van der Waals surface area contributed by atoms with Crippen molar-refractivity contribution in [3.05, 3.63) is 0 Å². The molecule has 0 fully saturated rings. The number of amides is 1. The van der Waals surface area contributed by atoms with E-state index in [1.165, 1.54) is 11.8 Å². The molecule has 0 aliphatic heterocycles. The Morgan fingerprint density at radius 1 is 1.11 bits per heavy atom. The van der Waals surface area contributed by atoms with Crippen LogP contribution in [0.25, 0.3) is 0 Å². The van der Waals surface area contributed by atoms with E-state index in [1.54, 1.807) is 7.11 Å². The van der Waals surface area contributed by atoms with Crippen molar-refractivity contribution >= 4 is 22.7 Å². The minimum atomic E-state index is -0.279. The van der Waals surface area contributed by atoms with Crippen LogP contribution in [0.3, 0.4) is 0 Å². The highest BCUT2D eigenvalue weighted by atomic mass is 32.2. The lowest BCUT2D eigenvalue weighted by molar-refractivity contribution is -0.142. The molecule has 6 heteroatoms. The number of carbonyl (C=O) groups is 1. The Morgan fingerprint density at radius 2 is 1.71 bits per heavy atom. The van der Waals surface area contributed by atoms with Crippen LogP contribution in [-0.2, 0) is 14.3 Å². The lowest BCUT2D eigenvalue weighted by Crippen LogP contribution is -2.47. The van der Waals surface area contributed by atoms with Gasteiger partial charge < -0.3 is 14.4 Å². The van der Waals surface area contributed by atoms with Gasteiger partial charge in [-0.15, -0.1) is 11.8 Å². The number of hydrogen-bond acceptors (Lipinski definition) is 5. The average Bonchev–Trinajstić information content (AvgIpc) is 2.71. The Kier molecular flexibility index (Phi) is 20.8. The number of ether oxygens (including phenoxy) is 2. The first-order chi connectivity index (χ1) is 13.4. The van der Waals surface area contributed by atoms with Crippen LogP contribution in [0, 0.1) is 11.3 Å². The Labute approximate surface area is 178 Å². The maximum absolute atomic E-state index is 12.8. The summed E-state index contributed by atoms with van der Waals surface area (Å²) in [6, 6.07) is 0.00276. The number of thioether (sulfide) groups is 1. The molecule has 5 nitrogen and oxygen atoms in total. The van der Waals surface area contributed by atoms with Gasteiger partial charge >= 0.3 is 0 Å². The summed E-state index contributed by atoms with van der Waals surface area (Å²) in [5, 5.41) is 8.61. The van der Waals surface area contributed by atoms with Crippen molar-refractivity contribution in [2.75, 3.05) is 26.7 Å². The largest absolute Gasteiger partial charge is 0.375 e. The number of nitrogens with one attached hydrogen (secondary N) is 1. The Hall–Kier alpha value is -0.590. The van der Waals surface area contributed by atoms with Gasteiger partial charge in [0.05, 0.1) is 5.04 Å². The fraction of sp³-hybridized carbons (Fsp3) is 0.909. The second-order valence-electron chi connectivity index (χ2n) is 7.05. The van der Waals surface area contributed by atoms with E-state index in [1.807, 2.05) is 25.0 Å². The van der Waals surface area contributed by atoms with E-state index < -0.39 is 0 Å². The first-order valence-corrected chi connectivity index (χ1v) is 12.2. The zero-order valence-corrected chi connectivity index (χ0v) is 20.5. The molecule has 0 saturated heterocycles. The fourth-order valence-corrected chi connectivity index (χ4v) is 3.32. The molecular weight excluding hydrogens is 372 g/mol. The minimum Gasteiger partial charge on any atom is -0.375 e. The lowest BCUT2D eigenvalue weighted by atomic mass is 9.96. The van der Waals surface area contributed by atoms with E-state index >= 15 is 0 Å². The number of carbonyl (C=O) groups excluding carboxylic acids is 1. The van der Waals surface area contributed by atoms with Gasteiger partial charge in [0.15, 0.2) is 0 Å². The monoisotopic (exact) mass is 418 g/mol. The molecule has 0 radical (unpaired) electrons. The molecule has 0 aromatic heterocycles. The van der Waals surface area contributed by atoms with E-state index in [2.05, 4.69) is 27.7 Å². The standard InChI is InChI=1S/C20H40N2O3S.C2H6/c1-7-9-11-13-25-15-22(19(23)12-10-8-2)17(16(3)4)14-18(24-5)20(21)26-6;1-2/h16-18,21H,7-15H2,1-6H3;1-2H3. The summed E-state index contributed by atoms with van der Waals surface area (Å²) in [4.78, 5) is 14.7. The van der Waals surface area contributed by atoms with Crippen LogP contribution < -0.4 is 0 Å². The van der Waals surface area contributed by atoms with E-state index in [9.17, 15) is 4.79 Å². The third-order valence-electron chi connectivity index (χ3n) is 4.61. The van der Waals surface area contributed by atoms with Crippen molar-refractivity contribution in [2.45, 2.75) is 98.6 Å². The predicted octanol–water partition coefficient (Wildman–Crippen LogP) is 5.97. The SMILES string of the molecule is CC.CCCCCOCN(C(=O)CCCC)C(CC(OC)C(=N)SC)C(C)C. The topological polar surface area (TPSA) is 62.6 Å². The Bertz CT molecular complexity index is 392. The summed E-state index contributed by atoms with van der Waals surface area (Å²) in [6.45, 7) is 13.5. The molecule has 0 rings (SSSR count).